The first-order valence-electron chi connectivity index (χ1n) is 9.73. The van der Waals surface area contributed by atoms with Crippen LogP contribution in [-0.2, 0) is 14.4 Å². The standard InChI is InChI=1S/C23H19F2N3O3/c24-18-9-8-16(11-19(18)25)27-21(29)12-26-23(31)15-10-22(30)28(13-15)20-7-3-5-14-4-1-2-6-17(14)20/h1-9,11,15H,10,12-13H2,(H,26,31)(H,27,29)/t15-/m1/s1. The minimum absolute atomic E-state index is 0.0415. The van der Waals surface area contributed by atoms with Gasteiger partial charge in [0.15, 0.2) is 11.6 Å². The molecule has 4 rings (SSSR count). The van der Waals surface area contributed by atoms with Crippen molar-refractivity contribution >= 4 is 39.9 Å². The molecule has 1 aliphatic rings. The Balaban J connectivity index is 1.37. The molecule has 0 unspecified atom stereocenters. The van der Waals surface area contributed by atoms with Crippen molar-refractivity contribution in [3.8, 4) is 0 Å². The Morgan fingerprint density at radius 2 is 1.77 bits per heavy atom. The van der Waals surface area contributed by atoms with Gasteiger partial charge in [0.2, 0.25) is 17.7 Å². The summed E-state index contributed by atoms with van der Waals surface area (Å²) in [6.07, 6.45) is 0.0415. The molecule has 1 aliphatic heterocycles. The van der Waals surface area contributed by atoms with Gasteiger partial charge >= 0.3 is 0 Å². The van der Waals surface area contributed by atoms with Gasteiger partial charge in [-0.3, -0.25) is 14.4 Å². The average Bonchev–Trinajstić information content (AvgIpc) is 3.15. The van der Waals surface area contributed by atoms with Gasteiger partial charge in [0, 0.05) is 30.1 Å². The third kappa shape index (κ3) is 4.37. The number of nitrogens with zero attached hydrogens (tertiary/aromatic N) is 1. The summed E-state index contributed by atoms with van der Waals surface area (Å²) >= 11 is 0. The van der Waals surface area contributed by atoms with E-state index in [-0.39, 0.29) is 31.1 Å². The van der Waals surface area contributed by atoms with Crippen molar-refractivity contribution in [2.24, 2.45) is 5.92 Å². The van der Waals surface area contributed by atoms with E-state index in [1.54, 1.807) is 4.90 Å². The lowest BCUT2D eigenvalue weighted by Crippen LogP contribution is -2.38. The molecule has 0 spiro atoms. The molecule has 8 heteroatoms. The number of rotatable bonds is 5. The lowest BCUT2D eigenvalue weighted by molar-refractivity contribution is -0.127. The van der Waals surface area contributed by atoms with E-state index >= 15 is 0 Å². The van der Waals surface area contributed by atoms with Gasteiger partial charge in [0.05, 0.1) is 18.2 Å². The summed E-state index contributed by atoms with van der Waals surface area (Å²) in [5.74, 6) is -3.87. The average molecular weight is 423 g/mol. The number of halogens is 2. The monoisotopic (exact) mass is 423 g/mol. The fourth-order valence-corrected chi connectivity index (χ4v) is 3.65. The lowest BCUT2D eigenvalue weighted by Gasteiger charge is -2.19. The molecule has 158 valence electrons. The van der Waals surface area contributed by atoms with Crippen LogP contribution in [0.5, 0.6) is 0 Å². The number of fused-ring (bicyclic) bond motifs is 1. The second-order valence-electron chi connectivity index (χ2n) is 7.30. The van der Waals surface area contributed by atoms with Crippen molar-refractivity contribution in [1.29, 1.82) is 0 Å². The highest BCUT2D eigenvalue weighted by molar-refractivity contribution is 6.07. The molecular weight excluding hydrogens is 404 g/mol. The van der Waals surface area contributed by atoms with Crippen molar-refractivity contribution < 1.29 is 23.2 Å². The molecule has 1 atom stereocenters. The summed E-state index contributed by atoms with van der Waals surface area (Å²) in [5.41, 5.74) is 0.825. The van der Waals surface area contributed by atoms with Crippen LogP contribution in [0.4, 0.5) is 20.2 Å². The number of benzene rings is 3. The third-order valence-corrected chi connectivity index (χ3v) is 5.18. The Kier molecular flexibility index (Phi) is 5.62. The second kappa shape index (κ2) is 8.51. The van der Waals surface area contributed by atoms with Crippen LogP contribution in [-0.4, -0.2) is 30.8 Å². The first-order chi connectivity index (χ1) is 14.9. The Labute approximate surface area is 176 Å². The van der Waals surface area contributed by atoms with Gasteiger partial charge in [-0.2, -0.15) is 0 Å². The molecular formula is C23H19F2N3O3. The maximum absolute atomic E-state index is 13.2. The van der Waals surface area contributed by atoms with E-state index in [2.05, 4.69) is 10.6 Å². The summed E-state index contributed by atoms with van der Waals surface area (Å²) in [6.45, 7) is -0.139. The van der Waals surface area contributed by atoms with Gasteiger partial charge in [-0.1, -0.05) is 36.4 Å². The fraction of sp³-hybridized carbons (Fsp3) is 0.174. The Bertz CT molecular complexity index is 1180. The zero-order chi connectivity index (χ0) is 22.0. The van der Waals surface area contributed by atoms with E-state index in [9.17, 15) is 23.2 Å². The zero-order valence-electron chi connectivity index (χ0n) is 16.4. The lowest BCUT2D eigenvalue weighted by atomic mass is 10.1. The highest BCUT2D eigenvalue weighted by atomic mass is 19.2. The molecule has 1 fully saturated rings. The second-order valence-corrected chi connectivity index (χ2v) is 7.30. The Hall–Kier alpha value is -3.81. The summed E-state index contributed by atoms with van der Waals surface area (Å²) in [6, 6.07) is 16.3. The molecule has 6 nitrogen and oxygen atoms in total. The Morgan fingerprint density at radius 3 is 2.58 bits per heavy atom. The van der Waals surface area contributed by atoms with Crippen LogP contribution in [0, 0.1) is 17.6 Å². The van der Waals surface area contributed by atoms with E-state index in [4.69, 9.17) is 0 Å². The molecule has 0 aliphatic carbocycles. The summed E-state index contributed by atoms with van der Waals surface area (Å²) in [7, 11) is 0. The molecule has 1 heterocycles. The fourth-order valence-electron chi connectivity index (χ4n) is 3.65. The van der Waals surface area contributed by atoms with Gasteiger partial charge < -0.3 is 15.5 Å². The van der Waals surface area contributed by atoms with E-state index in [0.29, 0.717) is 0 Å². The van der Waals surface area contributed by atoms with Crippen LogP contribution in [0.2, 0.25) is 0 Å². The summed E-state index contributed by atoms with van der Waals surface area (Å²) < 4.78 is 26.2. The van der Waals surface area contributed by atoms with Crippen LogP contribution in [0.15, 0.2) is 60.7 Å². The highest BCUT2D eigenvalue weighted by Gasteiger charge is 2.35. The molecule has 3 amide bonds. The molecule has 0 aromatic heterocycles. The number of carbonyl (C=O) groups excluding carboxylic acids is 3. The number of anilines is 2. The van der Waals surface area contributed by atoms with E-state index < -0.39 is 29.4 Å². The zero-order valence-corrected chi connectivity index (χ0v) is 16.4. The molecule has 3 aromatic carbocycles. The molecule has 0 bridgehead atoms. The van der Waals surface area contributed by atoms with Crippen molar-refractivity contribution in [2.45, 2.75) is 6.42 Å². The van der Waals surface area contributed by atoms with Crippen LogP contribution in [0.3, 0.4) is 0 Å². The van der Waals surface area contributed by atoms with Crippen LogP contribution in [0.25, 0.3) is 10.8 Å². The molecule has 0 radical (unpaired) electrons. The largest absolute Gasteiger partial charge is 0.347 e. The van der Waals surface area contributed by atoms with E-state index in [1.165, 1.54) is 6.07 Å². The van der Waals surface area contributed by atoms with E-state index in [0.717, 1.165) is 28.6 Å². The quantitative estimate of drug-likeness (QED) is 0.662. The van der Waals surface area contributed by atoms with Gasteiger partial charge in [-0.05, 0) is 23.6 Å². The highest BCUT2D eigenvalue weighted by Crippen LogP contribution is 2.31. The van der Waals surface area contributed by atoms with Gasteiger partial charge in [0.25, 0.3) is 0 Å². The molecule has 31 heavy (non-hydrogen) atoms. The topological polar surface area (TPSA) is 78.5 Å². The van der Waals surface area contributed by atoms with Gasteiger partial charge in [0.1, 0.15) is 0 Å². The minimum Gasteiger partial charge on any atom is -0.347 e. The molecule has 3 aromatic rings. The SMILES string of the molecule is O=C(CNC(=O)[C@@H]1CC(=O)N(c2cccc3ccccc23)C1)Nc1ccc(F)c(F)c1. The van der Waals surface area contributed by atoms with Crippen LogP contribution in [0.1, 0.15) is 6.42 Å². The van der Waals surface area contributed by atoms with Crippen molar-refractivity contribution in [3.05, 3.63) is 72.3 Å². The van der Waals surface area contributed by atoms with Crippen LogP contribution < -0.4 is 15.5 Å². The number of hydrogen-bond donors (Lipinski definition) is 2. The predicted octanol–water partition coefficient (Wildman–Crippen LogP) is 3.23. The maximum Gasteiger partial charge on any atom is 0.243 e. The van der Waals surface area contributed by atoms with Crippen molar-refractivity contribution in [1.82, 2.24) is 5.32 Å². The van der Waals surface area contributed by atoms with Crippen molar-refractivity contribution in [2.75, 3.05) is 23.3 Å². The number of amides is 3. The third-order valence-electron chi connectivity index (χ3n) is 5.18. The number of carbonyl (C=O) groups is 3. The number of hydrogen-bond acceptors (Lipinski definition) is 3. The van der Waals surface area contributed by atoms with Gasteiger partial charge in [-0.25, -0.2) is 8.78 Å². The summed E-state index contributed by atoms with van der Waals surface area (Å²) in [4.78, 5) is 38.7. The summed E-state index contributed by atoms with van der Waals surface area (Å²) in [5, 5.41) is 6.80. The molecule has 1 saturated heterocycles. The van der Waals surface area contributed by atoms with E-state index in [1.807, 2.05) is 42.5 Å². The normalized spacial score (nSPS) is 15.9. The maximum atomic E-state index is 13.2. The van der Waals surface area contributed by atoms with Crippen LogP contribution >= 0.6 is 0 Å². The first-order valence-corrected chi connectivity index (χ1v) is 9.73. The first kappa shape index (κ1) is 20.5. The molecule has 2 N–H and O–H groups in total. The molecule has 0 saturated carbocycles. The smallest absolute Gasteiger partial charge is 0.243 e. The van der Waals surface area contributed by atoms with Crippen molar-refractivity contribution in [3.63, 3.8) is 0 Å². The minimum atomic E-state index is -1.08. The number of nitrogens with one attached hydrogen (secondary N) is 2. The Morgan fingerprint density at radius 1 is 1.00 bits per heavy atom. The van der Waals surface area contributed by atoms with Gasteiger partial charge in [-0.15, -0.1) is 0 Å². The predicted molar refractivity (Wildman–Crippen MR) is 112 cm³/mol.